The van der Waals surface area contributed by atoms with Gasteiger partial charge in [-0.25, -0.2) is 4.98 Å². The largest absolute Gasteiger partial charge is 0.454 e. The number of aryl methyl sites for hydroxylation is 1. The molecule has 0 saturated heterocycles. The number of ketones is 1. The van der Waals surface area contributed by atoms with Crippen molar-refractivity contribution in [3.05, 3.63) is 28.5 Å². The molecule has 0 aromatic carbocycles. The zero-order valence-electron chi connectivity index (χ0n) is 7.02. The predicted molar refractivity (Wildman–Crippen MR) is 44.4 cm³/mol. The molecule has 0 spiro atoms. The number of pyridine rings is 1. The zero-order chi connectivity index (χ0) is 10.9. The number of alkyl halides is 3. The molecule has 1 aromatic rings. The summed E-state index contributed by atoms with van der Waals surface area (Å²) in [4.78, 5) is 14.2. The van der Waals surface area contributed by atoms with Gasteiger partial charge in [0, 0.05) is 11.8 Å². The molecule has 14 heavy (non-hydrogen) atoms. The van der Waals surface area contributed by atoms with Crippen LogP contribution in [-0.2, 0) is 0 Å². The summed E-state index contributed by atoms with van der Waals surface area (Å²) in [7, 11) is 0. The van der Waals surface area contributed by atoms with Crippen molar-refractivity contribution >= 4 is 17.4 Å². The Balaban J connectivity index is 3.10. The SMILES string of the molecule is Cc1cc(C(=O)C(F)(F)F)cnc1Cl. The van der Waals surface area contributed by atoms with Gasteiger partial charge in [-0.2, -0.15) is 13.2 Å². The first-order chi connectivity index (χ1) is 6.32. The summed E-state index contributed by atoms with van der Waals surface area (Å²) in [6.45, 7) is 1.47. The Morgan fingerprint density at radius 3 is 2.50 bits per heavy atom. The molecule has 1 rings (SSSR count). The third-order valence-electron chi connectivity index (χ3n) is 1.53. The second-order valence-corrected chi connectivity index (χ2v) is 3.02. The van der Waals surface area contributed by atoms with Crippen LogP contribution in [-0.4, -0.2) is 16.9 Å². The van der Waals surface area contributed by atoms with Crippen molar-refractivity contribution in [1.29, 1.82) is 0 Å². The highest BCUT2D eigenvalue weighted by Gasteiger charge is 2.39. The van der Waals surface area contributed by atoms with Crippen LogP contribution in [0.25, 0.3) is 0 Å². The first-order valence-electron chi connectivity index (χ1n) is 3.56. The highest BCUT2D eigenvalue weighted by molar-refractivity contribution is 6.30. The van der Waals surface area contributed by atoms with Crippen LogP contribution in [0.2, 0.25) is 5.15 Å². The number of nitrogens with zero attached hydrogens (tertiary/aromatic N) is 1. The van der Waals surface area contributed by atoms with Crippen LogP contribution in [0.1, 0.15) is 15.9 Å². The Hall–Kier alpha value is -1.10. The van der Waals surface area contributed by atoms with Gasteiger partial charge in [-0.3, -0.25) is 4.79 Å². The second kappa shape index (κ2) is 3.57. The van der Waals surface area contributed by atoms with Gasteiger partial charge in [-0.1, -0.05) is 11.6 Å². The lowest BCUT2D eigenvalue weighted by molar-refractivity contribution is -0.0885. The van der Waals surface area contributed by atoms with E-state index in [1.165, 1.54) is 6.92 Å². The maximum absolute atomic E-state index is 12.0. The van der Waals surface area contributed by atoms with Gasteiger partial charge in [0.2, 0.25) is 0 Å². The van der Waals surface area contributed by atoms with Gasteiger partial charge in [0.25, 0.3) is 5.78 Å². The van der Waals surface area contributed by atoms with E-state index in [4.69, 9.17) is 11.6 Å². The van der Waals surface area contributed by atoms with Crippen molar-refractivity contribution in [2.75, 3.05) is 0 Å². The lowest BCUT2D eigenvalue weighted by Crippen LogP contribution is -2.22. The summed E-state index contributed by atoms with van der Waals surface area (Å²) in [5, 5.41) is 0.0868. The number of halogens is 4. The number of rotatable bonds is 1. The minimum Gasteiger partial charge on any atom is -0.284 e. The quantitative estimate of drug-likeness (QED) is 0.541. The molecule has 1 heterocycles. The number of carbonyl (C=O) groups excluding carboxylic acids is 1. The minimum absolute atomic E-state index is 0.0868. The molecule has 76 valence electrons. The average molecular weight is 224 g/mol. The topological polar surface area (TPSA) is 30.0 Å². The van der Waals surface area contributed by atoms with Crippen LogP contribution in [0, 0.1) is 6.92 Å². The Labute approximate surface area is 82.7 Å². The average Bonchev–Trinajstić information content (AvgIpc) is 2.07. The van der Waals surface area contributed by atoms with E-state index in [1.807, 2.05) is 0 Å². The maximum atomic E-state index is 12.0. The summed E-state index contributed by atoms with van der Waals surface area (Å²) in [6, 6.07) is 1.06. The molecule has 0 aliphatic heterocycles. The molecule has 0 aliphatic rings. The molecule has 0 amide bonds. The Kier molecular flexibility index (Phi) is 2.80. The molecule has 0 N–H and O–H groups in total. The number of Topliss-reactive ketones (excluding diaryl/α,β-unsaturated/α-hetero) is 1. The van der Waals surface area contributed by atoms with Crippen molar-refractivity contribution in [2.24, 2.45) is 0 Å². The van der Waals surface area contributed by atoms with E-state index >= 15 is 0 Å². The molecule has 2 nitrogen and oxygen atoms in total. The molecule has 0 bridgehead atoms. The molecular weight excluding hydrogens is 219 g/mol. The maximum Gasteiger partial charge on any atom is 0.454 e. The molecule has 6 heteroatoms. The zero-order valence-corrected chi connectivity index (χ0v) is 7.78. The smallest absolute Gasteiger partial charge is 0.284 e. The van der Waals surface area contributed by atoms with Gasteiger partial charge >= 0.3 is 6.18 Å². The van der Waals surface area contributed by atoms with Crippen molar-refractivity contribution in [3.63, 3.8) is 0 Å². The summed E-state index contributed by atoms with van der Waals surface area (Å²) in [5.74, 6) is -1.91. The molecule has 0 unspecified atom stereocenters. The number of hydrogen-bond acceptors (Lipinski definition) is 2. The van der Waals surface area contributed by atoms with Crippen LogP contribution in [0.5, 0.6) is 0 Å². The molecule has 0 atom stereocenters. The van der Waals surface area contributed by atoms with Crippen LogP contribution >= 0.6 is 11.6 Å². The van der Waals surface area contributed by atoms with Gasteiger partial charge in [0.15, 0.2) is 0 Å². The van der Waals surface area contributed by atoms with Gasteiger partial charge in [0.1, 0.15) is 5.15 Å². The number of hydrogen-bond donors (Lipinski definition) is 0. The fourth-order valence-electron chi connectivity index (χ4n) is 0.846. The van der Waals surface area contributed by atoms with Crippen molar-refractivity contribution in [1.82, 2.24) is 4.98 Å². The fourth-order valence-corrected chi connectivity index (χ4v) is 0.949. The van der Waals surface area contributed by atoms with Crippen LogP contribution in [0.3, 0.4) is 0 Å². The third-order valence-corrected chi connectivity index (χ3v) is 1.93. The van der Waals surface area contributed by atoms with Gasteiger partial charge in [-0.05, 0) is 18.6 Å². The van der Waals surface area contributed by atoms with E-state index < -0.39 is 17.5 Å². The van der Waals surface area contributed by atoms with E-state index in [9.17, 15) is 18.0 Å². The highest BCUT2D eigenvalue weighted by atomic mass is 35.5. The Morgan fingerprint density at radius 2 is 2.07 bits per heavy atom. The van der Waals surface area contributed by atoms with Crippen LogP contribution in [0.4, 0.5) is 13.2 Å². The molecule has 0 radical (unpaired) electrons. The van der Waals surface area contributed by atoms with Gasteiger partial charge in [0.05, 0.1) is 0 Å². The summed E-state index contributed by atoms with van der Waals surface area (Å²) < 4.78 is 35.9. The summed E-state index contributed by atoms with van der Waals surface area (Å²) in [5.41, 5.74) is -0.166. The Bertz CT molecular complexity index is 375. The molecule has 1 aromatic heterocycles. The number of aromatic nitrogens is 1. The number of carbonyl (C=O) groups is 1. The molecular formula is C8H5ClF3NO. The standard InChI is InChI=1S/C8H5ClF3NO/c1-4-2-5(3-13-7(4)9)6(14)8(10,11)12/h2-3H,1H3. The molecule has 0 fully saturated rings. The lowest BCUT2D eigenvalue weighted by atomic mass is 10.1. The molecule has 0 saturated carbocycles. The van der Waals surface area contributed by atoms with Crippen molar-refractivity contribution < 1.29 is 18.0 Å². The fraction of sp³-hybridized carbons (Fsp3) is 0.250. The van der Waals surface area contributed by atoms with Gasteiger partial charge < -0.3 is 0 Å². The van der Waals surface area contributed by atoms with E-state index in [1.54, 1.807) is 0 Å². The van der Waals surface area contributed by atoms with Crippen LogP contribution in [0.15, 0.2) is 12.3 Å². The van der Waals surface area contributed by atoms with Gasteiger partial charge in [-0.15, -0.1) is 0 Å². The van der Waals surface area contributed by atoms with E-state index in [0.29, 0.717) is 5.56 Å². The predicted octanol–water partition coefficient (Wildman–Crippen LogP) is 2.79. The molecule has 0 aliphatic carbocycles. The monoisotopic (exact) mass is 223 g/mol. The van der Waals surface area contributed by atoms with E-state index in [2.05, 4.69) is 4.98 Å². The summed E-state index contributed by atoms with van der Waals surface area (Å²) in [6.07, 6.45) is -4.06. The van der Waals surface area contributed by atoms with Crippen LogP contribution < -0.4 is 0 Å². The third kappa shape index (κ3) is 2.23. The van der Waals surface area contributed by atoms with Crippen molar-refractivity contribution in [3.8, 4) is 0 Å². The lowest BCUT2D eigenvalue weighted by Gasteiger charge is -2.05. The second-order valence-electron chi connectivity index (χ2n) is 2.66. The van der Waals surface area contributed by atoms with E-state index in [-0.39, 0.29) is 5.15 Å². The normalized spacial score (nSPS) is 11.5. The first-order valence-corrected chi connectivity index (χ1v) is 3.94. The first kappa shape index (κ1) is 11.0. The van der Waals surface area contributed by atoms with E-state index in [0.717, 1.165) is 12.3 Å². The Morgan fingerprint density at radius 1 is 1.50 bits per heavy atom. The summed E-state index contributed by atoms with van der Waals surface area (Å²) >= 11 is 5.50. The highest BCUT2D eigenvalue weighted by Crippen LogP contribution is 2.22. The van der Waals surface area contributed by atoms with Crippen molar-refractivity contribution in [2.45, 2.75) is 13.1 Å². The minimum atomic E-state index is -4.87.